The first kappa shape index (κ1) is 19.3. The zero-order valence-corrected chi connectivity index (χ0v) is 17.1. The minimum Gasteiger partial charge on any atom is -0.336 e. The van der Waals surface area contributed by atoms with Gasteiger partial charge in [-0.2, -0.15) is 0 Å². The standard InChI is InChI=1S/C25H27N3O/c1-19-8-9-20(2)23(18-19)24(21-6-4-3-5-7-21)27-14-16-28(17-15-27)25(29)22-10-12-26-13-11-22/h3-13,18,24H,14-17H2,1-2H3/t24-/m0/s1. The van der Waals surface area contributed by atoms with Gasteiger partial charge in [-0.1, -0.05) is 54.1 Å². The van der Waals surface area contributed by atoms with Gasteiger partial charge < -0.3 is 4.90 Å². The Morgan fingerprint density at radius 3 is 2.28 bits per heavy atom. The molecule has 1 amide bonds. The Hall–Kier alpha value is -2.98. The number of rotatable bonds is 4. The average molecular weight is 386 g/mol. The van der Waals surface area contributed by atoms with E-state index < -0.39 is 0 Å². The van der Waals surface area contributed by atoms with Crippen molar-refractivity contribution in [3.05, 3.63) is 101 Å². The van der Waals surface area contributed by atoms with Gasteiger partial charge in [-0.3, -0.25) is 14.7 Å². The monoisotopic (exact) mass is 385 g/mol. The van der Waals surface area contributed by atoms with Crippen LogP contribution in [0, 0.1) is 13.8 Å². The molecule has 0 spiro atoms. The normalized spacial score (nSPS) is 15.9. The number of pyridine rings is 1. The summed E-state index contributed by atoms with van der Waals surface area (Å²) in [5, 5.41) is 0. The summed E-state index contributed by atoms with van der Waals surface area (Å²) >= 11 is 0. The summed E-state index contributed by atoms with van der Waals surface area (Å²) in [4.78, 5) is 21.3. The fourth-order valence-corrected chi connectivity index (χ4v) is 4.14. The lowest BCUT2D eigenvalue weighted by atomic mass is 9.92. The van der Waals surface area contributed by atoms with Gasteiger partial charge in [0.05, 0.1) is 6.04 Å². The zero-order valence-electron chi connectivity index (χ0n) is 17.1. The van der Waals surface area contributed by atoms with Gasteiger partial charge in [-0.05, 0) is 42.7 Å². The molecule has 148 valence electrons. The van der Waals surface area contributed by atoms with Crippen LogP contribution in [-0.4, -0.2) is 46.9 Å². The number of aryl methyl sites for hydroxylation is 2. The lowest BCUT2D eigenvalue weighted by molar-refractivity contribution is 0.0597. The van der Waals surface area contributed by atoms with Crippen molar-refractivity contribution in [2.24, 2.45) is 0 Å². The van der Waals surface area contributed by atoms with Crippen molar-refractivity contribution in [2.45, 2.75) is 19.9 Å². The molecule has 2 heterocycles. The Labute approximate surface area is 172 Å². The summed E-state index contributed by atoms with van der Waals surface area (Å²) in [5.41, 5.74) is 5.94. The Bertz CT molecular complexity index is 964. The molecule has 1 fully saturated rings. The minimum atomic E-state index is 0.0926. The molecule has 0 N–H and O–H groups in total. The number of benzene rings is 2. The van der Waals surface area contributed by atoms with Crippen molar-refractivity contribution in [2.75, 3.05) is 26.2 Å². The number of amides is 1. The largest absolute Gasteiger partial charge is 0.336 e. The van der Waals surface area contributed by atoms with Gasteiger partial charge in [0.15, 0.2) is 0 Å². The Kier molecular flexibility index (Phi) is 5.72. The molecule has 0 aliphatic carbocycles. The molecule has 0 saturated carbocycles. The van der Waals surface area contributed by atoms with Crippen LogP contribution in [0.15, 0.2) is 73.1 Å². The number of piperazine rings is 1. The summed E-state index contributed by atoms with van der Waals surface area (Å²) in [7, 11) is 0. The first-order chi connectivity index (χ1) is 14.1. The quantitative estimate of drug-likeness (QED) is 0.674. The molecule has 4 rings (SSSR count). The third-order valence-electron chi connectivity index (χ3n) is 5.74. The molecule has 4 heteroatoms. The third-order valence-corrected chi connectivity index (χ3v) is 5.74. The molecule has 1 saturated heterocycles. The molecule has 4 nitrogen and oxygen atoms in total. The molecule has 0 unspecified atom stereocenters. The van der Waals surface area contributed by atoms with E-state index in [1.807, 2.05) is 4.90 Å². The molecular weight excluding hydrogens is 358 g/mol. The van der Waals surface area contributed by atoms with Crippen molar-refractivity contribution < 1.29 is 4.79 Å². The summed E-state index contributed by atoms with van der Waals surface area (Å²) in [5.74, 6) is 0.0926. The first-order valence-electron chi connectivity index (χ1n) is 10.2. The molecule has 29 heavy (non-hydrogen) atoms. The van der Waals surface area contributed by atoms with Crippen LogP contribution in [0.5, 0.6) is 0 Å². The first-order valence-corrected chi connectivity index (χ1v) is 10.2. The van der Waals surface area contributed by atoms with Crippen molar-refractivity contribution in [3.8, 4) is 0 Å². The van der Waals surface area contributed by atoms with E-state index in [-0.39, 0.29) is 11.9 Å². The van der Waals surface area contributed by atoms with E-state index in [9.17, 15) is 4.79 Å². The lowest BCUT2D eigenvalue weighted by Gasteiger charge is -2.40. The van der Waals surface area contributed by atoms with E-state index in [0.29, 0.717) is 5.56 Å². The van der Waals surface area contributed by atoms with E-state index in [2.05, 4.69) is 72.3 Å². The topological polar surface area (TPSA) is 36.4 Å². The van der Waals surface area contributed by atoms with E-state index in [1.54, 1.807) is 24.5 Å². The van der Waals surface area contributed by atoms with Crippen LogP contribution >= 0.6 is 0 Å². The Balaban J connectivity index is 1.57. The molecular formula is C25H27N3O. The molecule has 1 aliphatic heterocycles. The third kappa shape index (κ3) is 4.22. The predicted octanol–water partition coefficient (Wildman–Crippen LogP) is 4.25. The zero-order chi connectivity index (χ0) is 20.2. The van der Waals surface area contributed by atoms with Crippen LogP contribution in [0.3, 0.4) is 0 Å². The molecule has 0 radical (unpaired) electrons. The van der Waals surface area contributed by atoms with Crippen molar-refractivity contribution >= 4 is 5.91 Å². The van der Waals surface area contributed by atoms with E-state index in [4.69, 9.17) is 0 Å². The van der Waals surface area contributed by atoms with Gasteiger partial charge in [0.25, 0.3) is 5.91 Å². The van der Waals surface area contributed by atoms with Crippen molar-refractivity contribution in [1.29, 1.82) is 0 Å². The molecule has 1 aromatic heterocycles. The maximum absolute atomic E-state index is 12.8. The SMILES string of the molecule is Cc1ccc(C)c([C@H](c2ccccc2)N2CCN(C(=O)c3ccncc3)CC2)c1. The number of carbonyl (C=O) groups is 1. The van der Waals surface area contributed by atoms with Gasteiger partial charge in [0, 0.05) is 44.1 Å². The number of hydrogen-bond donors (Lipinski definition) is 0. The fourth-order valence-electron chi connectivity index (χ4n) is 4.14. The van der Waals surface area contributed by atoms with Crippen molar-refractivity contribution in [3.63, 3.8) is 0 Å². The van der Waals surface area contributed by atoms with Crippen LogP contribution in [-0.2, 0) is 0 Å². The number of aromatic nitrogens is 1. The highest BCUT2D eigenvalue weighted by atomic mass is 16.2. The van der Waals surface area contributed by atoms with Crippen molar-refractivity contribution in [1.82, 2.24) is 14.8 Å². The molecule has 1 atom stereocenters. The second kappa shape index (κ2) is 8.58. The maximum atomic E-state index is 12.8. The second-order valence-electron chi connectivity index (χ2n) is 7.74. The van der Waals surface area contributed by atoms with Crippen LogP contribution < -0.4 is 0 Å². The van der Waals surface area contributed by atoms with E-state index >= 15 is 0 Å². The number of nitrogens with zero attached hydrogens (tertiary/aromatic N) is 3. The van der Waals surface area contributed by atoms with Gasteiger partial charge in [0.2, 0.25) is 0 Å². The smallest absolute Gasteiger partial charge is 0.254 e. The highest BCUT2D eigenvalue weighted by molar-refractivity contribution is 5.94. The molecule has 2 aromatic carbocycles. The van der Waals surface area contributed by atoms with E-state index in [1.165, 1.54) is 22.3 Å². The summed E-state index contributed by atoms with van der Waals surface area (Å²) in [6, 6.07) is 21.2. The fraction of sp³-hybridized carbons (Fsp3) is 0.280. The van der Waals surface area contributed by atoms with Gasteiger partial charge >= 0.3 is 0 Å². The molecule has 0 bridgehead atoms. The summed E-state index contributed by atoms with van der Waals surface area (Å²) in [6.45, 7) is 7.50. The van der Waals surface area contributed by atoms with Gasteiger partial charge in [-0.15, -0.1) is 0 Å². The minimum absolute atomic E-state index is 0.0926. The predicted molar refractivity (Wildman–Crippen MR) is 116 cm³/mol. The Morgan fingerprint density at radius 1 is 0.897 bits per heavy atom. The highest BCUT2D eigenvalue weighted by Gasteiger charge is 2.29. The van der Waals surface area contributed by atoms with Gasteiger partial charge in [-0.25, -0.2) is 0 Å². The number of carbonyl (C=O) groups excluding carboxylic acids is 1. The average Bonchev–Trinajstić information content (AvgIpc) is 2.78. The summed E-state index contributed by atoms with van der Waals surface area (Å²) in [6.07, 6.45) is 3.35. The second-order valence-corrected chi connectivity index (χ2v) is 7.74. The number of hydrogen-bond acceptors (Lipinski definition) is 3. The van der Waals surface area contributed by atoms with Crippen LogP contribution in [0.1, 0.15) is 38.7 Å². The van der Waals surface area contributed by atoms with E-state index in [0.717, 1.165) is 26.2 Å². The van der Waals surface area contributed by atoms with Gasteiger partial charge in [0.1, 0.15) is 0 Å². The maximum Gasteiger partial charge on any atom is 0.254 e. The summed E-state index contributed by atoms with van der Waals surface area (Å²) < 4.78 is 0. The van der Waals surface area contributed by atoms with Crippen LogP contribution in [0.25, 0.3) is 0 Å². The molecule has 3 aromatic rings. The van der Waals surface area contributed by atoms with Crippen LogP contribution in [0.4, 0.5) is 0 Å². The van der Waals surface area contributed by atoms with Crippen LogP contribution in [0.2, 0.25) is 0 Å². The highest BCUT2D eigenvalue weighted by Crippen LogP contribution is 2.32. The molecule has 1 aliphatic rings. The lowest BCUT2D eigenvalue weighted by Crippen LogP contribution is -2.50. The Morgan fingerprint density at radius 2 is 1.59 bits per heavy atom.